The van der Waals surface area contributed by atoms with Gasteiger partial charge in [0.1, 0.15) is 17.7 Å². The Hall–Kier alpha value is -1.87. The number of hydrogen-bond donors (Lipinski definition) is 1. The molecule has 30 heavy (non-hydrogen) atoms. The summed E-state index contributed by atoms with van der Waals surface area (Å²) >= 11 is 0. The van der Waals surface area contributed by atoms with E-state index in [1.54, 1.807) is 12.1 Å². The van der Waals surface area contributed by atoms with Crippen molar-refractivity contribution in [3.05, 3.63) is 64.7 Å². The highest BCUT2D eigenvalue weighted by Gasteiger charge is 2.39. The molecule has 8 heteroatoms. The van der Waals surface area contributed by atoms with E-state index in [1.807, 2.05) is 6.07 Å². The van der Waals surface area contributed by atoms with Gasteiger partial charge in [-0.15, -0.1) is 0 Å². The highest BCUT2D eigenvalue weighted by molar-refractivity contribution is 7.92. The average Bonchev–Trinajstić information content (AvgIpc) is 3.49. The molecule has 3 atom stereocenters. The third kappa shape index (κ3) is 3.56. The maximum Gasteiger partial charge on any atom is 0.181 e. The molecule has 0 spiro atoms. The first-order valence-electron chi connectivity index (χ1n) is 10.2. The van der Waals surface area contributed by atoms with Gasteiger partial charge in [0.15, 0.2) is 9.84 Å². The molecule has 2 heterocycles. The third-order valence-electron chi connectivity index (χ3n) is 6.40. The van der Waals surface area contributed by atoms with Crippen molar-refractivity contribution in [2.45, 2.75) is 60.7 Å². The Kier molecular flexibility index (Phi) is 4.93. The fraction of sp³-hybridized carbons (Fsp3) is 0.455. The molecule has 2 fully saturated rings. The largest absolute Gasteiger partial charge is 0.370 e. The number of sulfone groups is 1. The summed E-state index contributed by atoms with van der Waals surface area (Å²) in [5, 5.41) is -0.224. The molecule has 1 saturated heterocycles. The Morgan fingerprint density at radius 1 is 1.03 bits per heavy atom. The van der Waals surface area contributed by atoms with E-state index in [0.29, 0.717) is 31.0 Å². The Morgan fingerprint density at radius 3 is 2.53 bits per heavy atom. The van der Waals surface area contributed by atoms with Crippen LogP contribution < -0.4 is 5.73 Å². The maximum absolute atomic E-state index is 14.1. The van der Waals surface area contributed by atoms with E-state index in [2.05, 4.69) is 4.90 Å². The van der Waals surface area contributed by atoms with Crippen LogP contribution in [0.4, 0.5) is 8.78 Å². The zero-order valence-electron chi connectivity index (χ0n) is 16.4. The number of rotatable bonds is 4. The van der Waals surface area contributed by atoms with Gasteiger partial charge in [0, 0.05) is 30.7 Å². The molecule has 0 unspecified atom stereocenters. The van der Waals surface area contributed by atoms with Crippen LogP contribution >= 0.6 is 0 Å². The van der Waals surface area contributed by atoms with Crippen LogP contribution in [0.3, 0.4) is 0 Å². The van der Waals surface area contributed by atoms with Gasteiger partial charge < -0.3 is 10.5 Å². The summed E-state index contributed by atoms with van der Waals surface area (Å²) in [5.74, 6) is -1.04. The van der Waals surface area contributed by atoms with Crippen molar-refractivity contribution < 1.29 is 21.9 Å². The first kappa shape index (κ1) is 20.1. The maximum atomic E-state index is 14.1. The van der Waals surface area contributed by atoms with Gasteiger partial charge in [-0.05, 0) is 60.7 Å². The number of nitrogens with two attached hydrogens (primary N) is 1. The van der Waals surface area contributed by atoms with Crippen molar-refractivity contribution in [3.63, 3.8) is 0 Å². The molecule has 3 aliphatic rings. The molecule has 0 aromatic heterocycles. The van der Waals surface area contributed by atoms with Crippen LogP contribution in [-0.2, 0) is 27.7 Å². The Bertz CT molecular complexity index is 1090. The summed E-state index contributed by atoms with van der Waals surface area (Å²) in [7, 11) is -3.21. The summed E-state index contributed by atoms with van der Waals surface area (Å²) in [6.45, 7) is 1.68. The van der Waals surface area contributed by atoms with Crippen molar-refractivity contribution in [2.75, 3.05) is 6.61 Å². The van der Waals surface area contributed by atoms with Crippen molar-refractivity contribution in [2.24, 2.45) is 5.73 Å². The van der Waals surface area contributed by atoms with Crippen LogP contribution in [0.25, 0.3) is 0 Å². The third-order valence-corrected chi connectivity index (χ3v) is 8.66. The van der Waals surface area contributed by atoms with Crippen LogP contribution in [0.5, 0.6) is 0 Å². The number of nitrogens with zero attached hydrogens (tertiary/aromatic N) is 1. The molecular formula is C22H24F2N2O3S. The van der Waals surface area contributed by atoms with Crippen LogP contribution in [0.2, 0.25) is 0 Å². The SMILES string of the molecule is N[C@H]1C[C@@H](N2Cc3ccc(S(=O)(=O)C4CC4)cc3C2)CO[C@@H]1c1cc(F)ccc1F. The van der Waals surface area contributed by atoms with Crippen LogP contribution in [0, 0.1) is 11.6 Å². The Balaban J connectivity index is 1.29. The Morgan fingerprint density at radius 2 is 1.80 bits per heavy atom. The molecule has 0 amide bonds. The van der Waals surface area contributed by atoms with E-state index in [-0.39, 0.29) is 16.9 Å². The van der Waals surface area contributed by atoms with Crippen LogP contribution in [0.1, 0.15) is 42.1 Å². The van der Waals surface area contributed by atoms with Crippen molar-refractivity contribution in [1.82, 2.24) is 4.90 Å². The minimum Gasteiger partial charge on any atom is -0.370 e. The number of fused-ring (bicyclic) bond motifs is 1. The van der Waals surface area contributed by atoms with Crippen molar-refractivity contribution in [3.8, 4) is 0 Å². The molecule has 2 aromatic rings. The fourth-order valence-electron chi connectivity index (χ4n) is 4.55. The van der Waals surface area contributed by atoms with Gasteiger partial charge in [0.25, 0.3) is 0 Å². The molecule has 5 rings (SSSR count). The average molecular weight is 435 g/mol. The summed E-state index contributed by atoms with van der Waals surface area (Å²) in [6, 6.07) is 8.30. The minimum absolute atomic E-state index is 0.0313. The van der Waals surface area contributed by atoms with Gasteiger partial charge in [-0.3, -0.25) is 4.90 Å². The zero-order chi connectivity index (χ0) is 21.0. The second-order valence-electron chi connectivity index (χ2n) is 8.55. The summed E-state index contributed by atoms with van der Waals surface area (Å²) in [5.41, 5.74) is 8.57. The topological polar surface area (TPSA) is 72.6 Å². The lowest BCUT2D eigenvalue weighted by molar-refractivity contribution is -0.0531. The van der Waals surface area contributed by atoms with Crippen molar-refractivity contribution >= 4 is 9.84 Å². The van der Waals surface area contributed by atoms with E-state index >= 15 is 0 Å². The number of benzene rings is 2. The molecule has 1 saturated carbocycles. The predicted molar refractivity (Wildman–Crippen MR) is 107 cm³/mol. The van der Waals surface area contributed by atoms with Crippen LogP contribution in [0.15, 0.2) is 41.3 Å². The van der Waals surface area contributed by atoms with E-state index in [1.165, 1.54) is 0 Å². The van der Waals surface area contributed by atoms with Gasteiger partial charge in [0.05, 0.1) is 16.8 Å². The lowest BCUT2D eigenvalue weighted by Gasteiger charge is -2.38. The first-order valence-corrected chi connectivity index (χ1v) is 11.8. The smallest absolute Gasteiger partial charge is 0.181 e. The first-order chi connectivity index (χ1) is 14.3. The molecular weight excluding hydrogens is 410 g/mol. The van der Waals surface area contributed by atoms with Crippen LogP contribution in [-0.4, -0.2) is 37.3 Å². The highest BCUT2D eigenvalue weighted by Crippen LogP contribution is 2.37. The second-order valence-corrected chi connectivity index (χ2v) is 10.8. The quantitative estimate of drug-likeness (QED) is 0.801. The fourth-order valence-corrected chi connectivity index (χ4v) is 6.26. The molecule has 160 valence electrons. The predicted octanol–water partition coefficient (Wildman–Crippen LogP) is 3.07. The highest BCUT2D eigenvalue weighted by atomic mass is 32.2. The van der Waals surface area contributed by atoms with E-state index in [9.17, 15) is 17.2 Å². The molecule has 0 bridgehead atoms. The zero-order valence-corrected chi connectivity index (χ0v) is 17.2. The summed E-state index contributed by atoms with van der Waals surface area (Å²) < 4.78 is 58.7. The molecule has 0 radical (unpaired) electrons. The number of halogens is 2. The molecule has 2 aliphatic heterocycles. The van der Waals surface area contributed by atoms with Gasteiger partial charge in [-0.1, -0.05) is 6.07 Å². The monoisotopic (exact) mass is 434 g/mol. The lowest BCUT2D eigenvalue weighted by Crippen LogP contribution is -2.47. The van der Waals surface area contributed by atoms with E-state index in [4.69, 9.17) is 10.5 Å². The number of hydrogen-bond acceptors (Lipinski definition) is 5. The van der Waals surface area contributed by atoms with Gasteiger partial charge in [-0.2, -0.15) is 0 Å². The summed E-state index contributed by atoms with van der Waals surface area (Å²) in [4.78, 5) is 2.62. The van der Waals surface area contributed by atoms with E-state index < -0.39 is 33.6 Å². The minimum atomic E-state index is -3.21. The van der Waals surface area contributed by atoms with Gasteiger partial charge in [-0.25, -0.2) is 17.2 Å². The molecule has 1 aliphatic carbocycles. The number of ether oxygens (including phenoxy) is 1. The Labute approximate surface area is 174 Å². The van der Waals surface area contributed by atoms with E-state index in [0.717, 1.165) is 42.2 Å². The van der Waals surface area contributed by atoms with Gasteiger partial charge >= 0.3 is 0 Å². The van der Waals surface area contributed by atoms with Crippen molar-refractivity contribution in [1.29, 1.82) is 0 Å². The molecule has 2 aromatic carbocycles. The second kappa shape index (κ2) is 7.37. The van der Waals surface area contributed by atoms with Gasteiger partial charge in [0.2, 0.25) is 0 Å². The molecule has 5 nitrogen and oxygen atoms in total. The normalized spacial score (nSPS) is 27.2. The summed E-state index contributed by atoms with van der Waals surface area (Å²) in [6.07, 6.45) is 1.39. The standard InChI is InChI=1S/C22H24F2N2O3S/c23-15-2-6-20(24)19(8-15)22-21(25)9-16(12-29-22)26-10-13-1-3-18(7-14(13)11-26)30(27,28)17-4-5-17/h1-3,6-8,16-17,21-22H,4-5,9-12,25H2/t16-,21+,22-/m1/s1. The molecule has 2 N–H and O–H groups in total. The lowest BCUT2D eigenvalue weighted by atomic mass is 9.93.